The number of guanidine groups is 1. The second kappa shape index (κ2) is 10.1. The molecule has 1 aliphatic rings. The van der Waals surface area contributed by atoms with Gasteiger partial charge in [0.05, 0.1) is 13.7 Å². The van der Waals surface area contributed by atoms with Crippen molar-refractivity contribution in [1.82, 2.24) is 10.6 Å². The van der Waals surface area contributed by atoms with Gasteiger partial charge >= 0.3 is 0 Å². The highest BCUT2D eigenvalue weighted by Crippen LogP contribution is 2.30. The molecule has 2 N–H and O–H groups in total. The molecule has 0 spiro atoms. The smallest absolute Gasteiger partial charge is 0.191 e. The number of hydrogen-bond acceptors (Lipinski definition) is 4. The van der Waals surface area contributed by atoms with Crippen molar-refractivity contribution in [2.45, 2.75) is 12.6 Å². The van der Waals surface area contributed by atoms with E-state index in [-0.39, 0.29) is 30.1 Å². The van der Waals surface area contributed by atoms with Gasteiger partial charge in [-0.1, -0.05) is 30.3 Å². The summed E-state index contributed by atoms with van der Waals surface area (Å²) in [7, 11) is 3.41. The maximum atomic E-state index is 5.94. The molecule has 26 heavy (non-hydrogen) atoms. The number of nitrogens with one attached hydrogen (secondary N) is 2. The standard InChI is InChI=1S/C19H23N3O3.HI/c1-20-19(21-11-14-7-3-4-8-16(14)23-2)22-12-15-13-24-17-9-5-6-10-18(17)25-15;/h3-10,15H,11-13H2,1-2H3,(H2,20,21,22);1H. The largest absolute Gasteiger partial charge is 0.496 e. The molecule has 3 rings (SSSR count). The van der Waals surface area contributed by atoms with Gasteiger partial charge in [-0.3, -0.25) is 4.99 Å². The highest BCUT2D eigenvalue weighted by atomic mass is 127. The molecule has 140 valence electrons. The molecule has 1 atom stereocenters. The molecule has 0 amide bonds. The highest BCUT2D eigenvalue weighted by molar-refractivity contribution is 14.0. The molecule has 6 nitrogen and oxygen atoms in total. The number of hydrogen-bond donors (Lipinski definition) is 2. The number of methoxy groups -OCH3 is 1. The lowest BCUT2D eigenvalue weighted by molar-refractivity contribution is 0.0936. The van der Waals surface area contributed by atoms with Crippen LogP contribution in [0.25, 0.3) is 0 Å². The molecule has 0 radical (unpaired) electrons. The Labute approximate surface area is 171 Å². The van der Waals surface area contributed by atoms with Crippen molar-refractivity contribution in [2.24, 2.45) is 4.99 Å². The Bertz CT molecular complexity index is 739. The van der Waals surface area contributed by atoms with E-state index in [1.54, 1.807) is 14.2 Å². The minimum Gasteiger partial charge on any atom is -0.496 e. The van der Waals surface area contributed by atoms with Gasteiger partial charge in [0.15, 0.2) is 17.5 Å². The first-order chi connectivity index (χ1) is 12.3. The predicted octanol–water partition coefficient (Wildman–Crippen LogP) is 2.82. The molecular weight excluding hydrogens is 445 g/mol. The van der Waals surface area contributed by atoms with Crippen LogP contribution in [0.4, 0.5) is 0 Å². The molecule has 0 bridgehead atoms. The second-order valence-corrected chi connectivity index (χ2v) is 5.62. The first kappa shape index (κ1) is 20.2. The summed E-state index contributed by atoms with van der Waals surface area (Å²) in [5, 5.41) is 6.55. The van der Waals surface area contributed by atoms with Crippen molar-refractivity contribution in [3.05, 3.63) is 54.1 Å². The fourth-order valence-electron chi connectivity index (χ4n) is 2.62. The molecule has 0 saturated carbocycles. The SMILES string of the molecule is CN=C(NCc1ccccc1OC)NCC1COc2ccccc2O1.I. The van der Waals surface area contributed by atoms with E-state index in [1.165, 1.54) is 0 Å². The lowest BCUT2D eigenvalue weighted by atomic mass is 10.2. The number of halogens is 1. The lowest BCUT2D eigenvalue weighted by Gasteiger charge is -2.27. The minimum atomic E-state index is -0.0697. The normalized spacial score (nSPS) is 15.6. The zero-order valence-electron chi connectivity index (χ0n) is 14.9. The minimum absolute atomic E-state index is 0. The van der Waals surface area contributed by atoms with Crippen molar-refractivity contribution in [3.63, 3.8) is 0 Å². The monoisotopic (exact) mass is 469 g/mol. The maximum absolute atomic E-state index is 5.94. The van der Waals surface area contributed by atoms with Crippen molar-refractivity contribution in [2.75, 3.05) is 27.3 Å². The molecule has 0 saturated heterocycles. The number of ether oxygens (including phenoxy) is 3. The van der Waals surface area contributed by atoms with E-state index in [1.807, 2.05) is 48.5 Å². The van der Waals surface area contributed by atoms with Crippen molar-refractivity contribution in [1.29, 1.82) is 0 Å². The maximum Gasteiger partial charge on any atom is 0.191 e. The number of aliphatic imine (C=N–C) groups is 1. The molecular formula is C19H24IN3O3. The molecule has 2 aromatic rings. The fraction of sp³-hybridized carbons (Fsp3) is 0.316. The van der Waals surface area contributed by atoms with Crippen molar-refractivity contribution >= 4 is 29.9 Å². The molecule has 0 aliphatic carbocycles. The first-order valence-corrected chi connectivity index (χ1v) is 8.25. The highest BCUT2D eigenvalue weighted by Gasteiger charge is 2.20. The Balaban J connectivity index is 0.00000243. The third kappa shape index (κ3) is 5.17. The average Bonchev–Trinajstić information content (AvgIpc) is 2.68. The third-order valence-electron chi connectivity index (χ3n) is 3.93. The fourth-order valence-corrected chi connectivity index (χ4v) is 2.62. The summed E-state index contributed by atoms with van der Waals surface area (Å²) in [4.78, 5) is 4.24. The topological polar surface area (TPSA) is 64.1 Å². The molecule has 1 aliphatic heterocycles. The number of fused-ring (bicyclic) bond motifs is 1. The van der Waals surface area contributed by atoms with Gasteiger partial charge in [0.1, 0.15) is 18.5 Å². The van der Waals surface area contributed by atoms with E-state index in [9.17, 15) is 0 Å². The Morgan fingerprint density at radius 1 is 1.12 bits per heavy atom. The third-order valence-corrected chi connectivity index (χ3v) is 3.93. The van der Waals surface area contributed by atoms with Crippen LogP contribution in [-0.2, 0) is 6.54 Å². The van der Waals surface area contributed by atoms with E-state index >= 15 is 0 Å². The van der Waals surface area contributed by atoms with Crippen LogP contribution < -0.4 is 24.8 Å². The predicted molar refractivity (Wildman–Crippen MR) is 113 cm³/mol. The van der Waals surface area contributed by atoms with Gasteiger partial charge in [0.25, 0.3) is 0 Å². The van der Waals surface area contributed by atoms with Gasteiger partial charge < -0.3 is 24.8 Å². The summed E-state index contributed by atoms with van der Waals surface area (Å²) >= 11 is 0. The summed E-state index contributed by atoms with van der Waals surface area (Å²) in [6.07, 6.45) is -0.0697. The van der Waals surface area contributed by atoms with E-state index in [4.69, 9.17) is 14.2 Å². The molecule has 1 heterocycles. The summed E-state index contributed by atoms with van der Waals surface area (Å²) < 4.78 is 17.0. The molecule has 7 heteroatoms. The number of rotatable bonds is 5. The zero-order valence-corrected chi connectivity index (χ0v) is 17.2. The van der Waals surface area contributed by atoms with E-state index in [2.05, 4.69) is 15.6 Å². The van der Waals surface area contributed by atoms with Crippen LogP contribution in [0.15, 0.2) is 53.5 Å². The van der Waals surface area contributed by atoms with Gasteiger partial charge in [0.2, 0.25) is 0 Å². The first-order valence-electron chi connectivity index (χ1n) is 8.25. The average molecular weight is 469 g/mol. The van der Waals surface area contributed by atoms with Crippen LogP contribution in [0.3, 0.4) is 0 Å². The Morgan fingerprint density at radius 3 is 2.62 bits per heavy atom. The lowest BCUT2D eigenvalue weighted by Crippen LogP contribution is -2.45. The summed E-state index contributed by atoms with van der Waals surface area (Å²) in [6, 6.07) is 15.6. The summed E-state index contributed by atoms with van der Waals surface area (Å²) in [5.41, 5.74) is 1.07. The van der Waals surface area contributed by atoms with Gasteiger partial charge in [-0.05, 0) is 18.2 Å². The number of benzene rings is 2. The summed E-state index contributed by atoms with van der Waals surface area (Å²) in [5.74, 6) is 3.12. The van der Waals surface area contributed by atoms with Gasteiger partial charge in [-0.2, -0.15) is 0 Å². The quantitative estimate of drug-likeness (QED) is 0.401. The molecule has 0 aromatic heterocycles. The van der Waals surface area contributed by atoms with Gasteiger partial charge in [0, 0.05) is 19.2 Å². The molecule has 1 unspecified atom stereocenters. The van der Waals surface area contributed by atoms with Crippen LogP contribution in [0.1, 0.15) is 5.56 Å². The van der Waals surface area contributed by atoms with Crippen LogP contribution in [0, 0.1) is 0 Å². The zero-order chi connectivity index (χ0) is 17.5. The van der Waals surface area contributed by atoms with Gasteiger partial charge in [-0.15, -0.1) is 24.0 Å². The summed E-state index contributed by atoms with van der Waals surface area (Å²) in [6.45, 7) is 1.72. The van der Waals surface area contributed by atoms with Gasteiger partial charge in [-0.25, -0.2) is 0 Å². The van der Waals surface area contributed by atoms with Crippen LogP contribution in [-0.4, -0.2) is 39.4 Å². The van der Waals surface area contributed by atoms with Crippen LogP contribution in [0.2, 0.25) is 0 Å². The Hall–Kier alpha value is -2.16. The molecule has 0 fully saturated rings. The Kier molecular flexibility index (Phi) is 7.83. The van der Waals surface area contributed by atoms with E-state index in [0.29, 0.717) is 25.7 Å². The molecule has 2 aromatic carbocycles. The number of nitrogens with zero attached hydrogens (tertiary/aromatic N) is 1. The van der Waals surface area contributed by atoms with Crippen molar-refractivity contribution < 1.29 is 14.2 Å². The van der Waals surface area contributed by atoms with E-state index < -0.39 is 0 Å². The Morgan fingerprint density at radius 2 is 1.85 bits per heavy atom. The number of para-hydroxylation sites is 3. The second-order valence-electron chi connectivity index (χ2n) is 5.62. The van der Waals surface area contributed by atoms with E-state index in [0.717, 1.165) is 22.8 Å². The van der Waals surface area contributed by atoms with Crippen molar-refractivity contribution in [3.8, 4) is 17.2 Å². The van der Waals surface area contributed by atoms with Crippen LogP contribution >= 0.6 is 24.0 Å². The van der Waals surface area contributed by atoms with Crippen LogP contribution in [0.5, 0.6) is 17.2 Å².